The first-order valence-electron chi connectivity index (χ1n) is 6.19. The molecule has 1 aromatic heterocycles. The second kappa shape index (κ2) is 6.24. The van der Waals surface area contributed by atoms with E-state index < -0.39 is 0 Å². The molecule has 2 rings (SSSR count). The third-order valence-corrected chi connectivity index (χ3v) is 2.94. The van der Waals surface area contributed by atoms with Gasteiger partial charge in [0, 0.05) is 18.5 Å². The van der Waals surface area contributed by atoms with E-state index in [1.54, 1.807) is 14.2 Å². The molecule has 2 N–H and O–H groups in total. The summed E-state index contributed by atoms with van der Waals surface area (Å²) in [6.07, 6.45) is 2.69. The zero-order valence-electron chi connectivity index (χ0n) is 11.5. The van der Waals surface area contributed by atoms with Crippen molar-refractivity contribution in [1.29, 1.82) is 0 Å². The van der Waals surface area contributed by atoms with Crippen LogP contribution in [0.25, 0.3) is 11.3 Å². The number of H-pyrrole nitrogens is 1. The molecule has 0 bridgehead atoms. The number of hydrogen-bond donors (Lipinski definition) is 2. The highest BCUT2D eigenvalue weighted by atomic mass is 16.5. The van der Waals surface area contributed by atoms with Crippen molar-refractivity contribution in [1.82, 2.24) is 15.3 Å². The average Bonchev–Trinajstić information content (AvgIpc) is 2.93. The molecule has 0 aliphatic rings. The molecule has 0 saturated heterocycles. The maximum Gasteiger partial charge on any atom is 0.128 e. The first-order valence-corrected chi connectivity index (χ1v) is 6.19. The second-order valence-corrected chi connectivity index (χ2v) is 4.16. The summed E-state index contributed by atoms with van der Waals surface area (Å²) in [6.45, 7) is 0.891. The van der Waals surface area contributed by atoms with Gasteiger partial charge < -0.3 is 19.8 Å². The van der Waals surface area contributed by atoms with E-state index in [-0.39, 0.29) is 0 Å². The van der Waals surface area contributed by atoms with E-state index in [1.165, 1.54) is 0 Å². The Morgan fingerprint density at radius 1 is 1.26 bits per heavy atom. The van der Waals surface area contributed by atoms with Crippen LogP contribution < -0.4 is 14.8 Å². The third kappa shape index (κ3) is 3.06. The van der Waals surface area contributed by atoms with Crippen LogP contribution in [0, 0.1) is 0 Å². The number of likely N-dealkylation sites (N-methyl/N-ethyl adjacent to an activating group) is 1. The van der Waals surface area contributed by atoms with E-state index in [4.69, 9.17) is 9.47 Å². The number of nitrogens with zero attached hydrogens (tertiary/aromatic N) is 1. The minimum absolute atomic E-state index is 0.794. The van der Waals surface area contributed by atoms with Crippen molar-refractivity contribution >= 4 is 0 Å². The first-order chi connectivity index (χ1) is 9.28. The molecule has 0 atom stereocenters. The molecule has 0 aliphatic heterocycles. The quantitative estimate of drug-likeness (QED) is 0.833. The summed E-state index contributed by atoms with van der Waals surface area (Å²) in [6, 6.07) is 5.71. The monoisotopic (exact) mass is 261 g/mol. The summed E-state index contributed by atoms with van der Waals surface area (Å²) in [5.74, 6) is 2.54. The number of ether oxygens (including phenoxy) is 2. The van der Waals surface area contributed by atoms with Gasteiger partial charge in [0.15, 0.2) is 0 Å². The Morgan fingerprint density at radius 3 is 2.79 bits per heavy atom. The van der Waals surface area contributed by atoms with Gasteiger partial charge >= 0.3 is 0 Å². The Morgan fingerprint density at radius 2 is 2.11 bits per heavy atom. The first kappa shape index (κ1) is 13.4. The molecule has 1 heterocycles. The van der Waals surface area contributed by atoms with Crippen LogP contribution in [0.3, 0.4) is 0 Å². The normalized spacial score (nSPS) is 10.5. The predicted octanol–water partition coefficient (Wildman–Crippen LogP) is 1.86. The standard InChI is InChI=1S/C14H19N3O2/c1-15-7-6-14-16-9-12(17-14)11-8-10(18-2)4-5-13(11)19-3/h4-5,8-9,15H,6-7H2,1-3H3,(H,16,17). The molecule has 19 heavy (non-hydrogen) atoms. The lowest BCUT2D eigenvalue weighted by molar-refractivity contribution is 0.404. The Kier molecular flexibility index (Phi) is 4.41. The molecule has 0 amide bonds. The van der Waals surface area contributed by atoms with Crippen molar-refractivity contribution < 1.29 is 9.47 Å². The van der Waals surface area contributed by atoms with Gasteiger partial charge in [0.1, 0.15) is 17.3 Å². The van der Waals surface area contributed by atoms with E-state index >= 15 is 0 Å². The molecule has 2 aromatic rings. The number of aromatic amines is 1. The second-order valence-electron chi connectivity index (χ2n) is 4.16. The zero-order valence-corrected chi connectivity index (χ0v) is 11.5. The topological polar surface area (TPSA) is 59.2 Å². The lowest BCUT2D eigenvalue weighted by Crippen LogP contribution is -2.11. The minimum atomic E-state index is 0.794. The number of benzene rings is 1. The third-order valence-electron chi connectivity index (χ3n) is 2.94. The minimum Gasteiger partial charge on any atom is -0.497 e. The lowest BCUT2D eigenvalue weighted by atomic mass is 10.1. The predicted molar refractivity (Wildman–Crippen MR) is 74.8 cm³/mol. The zero-order chi connectivity index (χ0) is 13.7. The summed E-state index contributed by atoms with van der Waals surface area (Å²) >= 11 is 0. The smallest absolute Gasteiger partial charge is 0.128 e. The number of imidazole rings is 1. The molecular formula is C14H19N3O2. The van der Waals surface area contributed by atoms with Crippen LogP contribution in [0.4, 0.5) is 0 Å². The highest BCUT2D eigenvalue weighted by Crippen LogP contribution is 2.32. The van der Waals surface area contributed by atoms with E-state index in [0.717, 1.165) is 41.5 Å². The molecule has 0 spiro atoms. The average molecular weight is 261 g/mol. The van der Waals surface area contributed by atoms with E-state index in [2.05, 4.69) is 15.3 Å². The summed E-state index contributed by atoms with van der Waals surface area (Å²) in [5.41, 5.74) is 1.88. The molecule has 0 aliphatic carbocycles. The van der Waals surface area contributed by atoms with Gasteiger partial charge in [-0.15, -0.1) is 0 Å². The lowest BCUT2D eigenvalue weighted by Gasteiger charge is -2.08. The molecule has 102 valence electrons. The molecule has 0 unspecified atom stereocenters. The van der Waals surface area contributed by atoms with Crippen LogP contribution in [0.1, 0.15) is 5.82 Å². The number of aromatic nitrogens is 2. The van der Waals surface area contributed by atoms with Gasteiger partial charge in [0.25, 0.3) is 0 Å². The van der Waals surface area contributed by atoms with Gasteiger partial charge in [-0.25, -0.2) is 4.98 Å². The van der Waals surface area contributed by atoms with E-state index in [0.29, 0.717) is 0 Å². The molecule has 0 fully saturated rings. The van der Waals surface area contributed by atoms with Crippen LogP contribution in [0.2, 0.25) is 0 Å². The molecule has 5 heteroatoms. The van der Waals surface area contributed by atoms with Crippen molar-refractivity contribution in [2.45, 2.75) is 6.42 Å². The Bertz CT molecular complexity index is 537. The van der Waals surface area contributed by atoms with Gasteiger partial charge in [-0.3, -0.25) is 0 Å². The Balaban J connectivity index is 2.31. The number of hydrogen-bond acceptors (Lipinski definition) is 4. The van der Waals surface area contributed by atoms with Crippen molar-refractivity contribution in [3.8, 4) is 22.8 Å². The largest absolute Gasteiger partial charge is 0.497 e. The summed E-state index contributed by atoms with van der Waals surface area (Å²) in [7, 11) is 5.23. The van der Waals surface area contributed by atoms with E-state index in [9.17, 15) is 0 Å². The van der Waals surface area contributed by atoms with Gasteiger partial charge in [-0.1, -0.05) is 0 Å². The fourth-order valence-electron chi connectivity index (χ4n) is 1.89. The van der Waals surface area contributed by atoms with Crippen molar-refractivity contribution in [2.24, 2.45) is 0 Å². The van der Waals surface area contributed by atoms with Crippen molar-refractivity contribution in [2.75, 3.05) is 27.8 Å². The molecule has 0 radical (unpaired) electrons. The van der Waals surface area contributed by atoms with Crippen molar-refractivity contribution in [3.05, 3.63) is 30.2 Å². The summed E-state index contributed by atoms with van der Waals surface area (Å²) in [4.78, 5) is 7.67. The molecule has 1 aromatic carbocycles. The van der Waals surface area contributed by atoms with Crippen LogP contribution in [-0.4, -0.2) is 37.8 Å². The fraction of sp³-hybridized carbons (Fsp3) is 0.357. The van der Waals surface area contributed by atoms with Crippen molar-refractivity contribution in [3.63, 3.8) is 0 Å². The summed E-state index contributed by atoms with van der Waals surface area (Å²) in [5, 5.41) is 3.10. The van der Waals surface area contributed by atoms with Gasteiger partial charge in [0.2, 0.25) is 0 Å². The van der Waals surface area contributed by atoms with Crippen LogP contribution >= 0.6 is 0 Å². The van der Waals surface area contributed by atoms with Gasteiger partial charge in [0.05, 0.1) is 26.1 Å². The van der Waals surface area contributed by atoms with Gasteiger partial charge in [-0.05, 0) is 25.2 Å². The maximum absolute atomic E-state index is 5.37. The Hall–Kier alpha value is -2.01. The number of rotatable bonds is 6. The number of nitrogens with one attached hydrogen (secondary N) is 2. The SMILES string of the molecule is CNCCc1ncc(-c2cc(OC)ccc2OC)[nH]1. The Labute approximate surface area is 113 Å². The maximum atomic E-state index is 5.37. The molecule has 0 saturated carbocycles. The summed E-state index contributed by atoms with van der Waals surface area (Å²) < 4.78 is 10.6. The number of methoxy groups -OCH3 is 2. The van der Waals surface area contributed by atoms with E-state index in [1.807, 2.05) is 31.4 Å². The fourth-order valence-corrected chi connectivity index (χ4v) is 1.89. The van der Waals surface area contributed by atoms with Crippen LogP contribution in [-0.2, 0) is 6.42 Å². The molecular weight excluding hydrogens is 242 g/mol. The highest BCUT2D eigenvalue weighted by Gasteiger charge is 2.10. The van der Waals surface area contributed by atoms with Crippen LogP contribution in [0.5, 0.6) is 11.5 Å². The highest BCUT2D eigenvalue weighted by molar-refractivity contribution is 5.68. The van der Waals surface area contributed by atoms with Crippen LogP contribution in [0.15, 0.2) is 24.4 Å². The molecule has 5 nitrogen and oxygen atoms in total. The van der Waals surface area contributed by atoms with Gasteiger partial charge in [-0.2, -0.15) is 0 Å².